The molecule has 0 spiro atoms. The highest BCUT2D eigenvalue weighted by atomic mass is 16.6. The fraction of sp³-hybridized carbons (Fsp3) is 0.833. The molecule has 60 heavy (non-hydrogen) atoms. The zero-order valence-corrected chi connectivity index (χ0v) is 40.0. The van der Waals surface area contributed by atoms with Crippen molar-refractivity contribution in [2.75, 3.05) is 13.2 Å². The molecular weight excluding hydrogens is 745 g/mol. The van der Waals surface area contributed by atoms with E-state index in [9.17, 15) is 14.4 Å². The maximum atomic E-state index is 12.8. The molecule has 350 valence electrons. The molecule has 0 radical (unpaired) electrons. The van der Waals surface area contributed by atoms with Gasteiger partial charge in [-0.15, -0.1) is 0 Å². The third-order valence-electron chi connectivity index (χ3n) is 11.4. The minimum absolute atomic E-state index is 0.0752. The van der Waals surface area contributed by atoms with Crippen LogP contribution >= 0.6 is 0 Å². The van der Waals surface area contributed by atoms with E-state index in [0.29, 0.717) is 19.3 Å². The normalized spacial score (nSPS) is 12.2. The molecule has 0 N–H and O–H groups in total. The van der Waals surface area contributed by atoms with Crippen LogP contribution in [0.2, 0.25) is 0 Å². The monoisotopic (exact) mass is 843 g/mol. The van der Waals surface area contributed by atoms with E-state index in [4.69, 9.17) is 14.2 Å². The number of hydrogen-bond donors (Lipinski definition) is 0. The predicted molar refractivity (Wildman–Crippen MR) is 256 cm³/mol. The maximum absolute atomic E-state index is 12.8. The summed E-state index contributed by atoms with van der Waals surface area (Å²) in [5, 5.41) is 0. The van der Waals surface area contributed by atoms with Crippen molar-refractivity contribution in [3.05, 3.63) is 36.5 Å². The van der Waals surface area contributed by atoms with Crippen molar-refractivity contribution in [3.63, 3.8) is 0 Å². The molecule has 0 bridgehead atoms. The molecule has 0 rings (SSSR count). The highest BCUT2D eigenvalue weighted by Gasteiger charge is 2.19. The summed E-state index contributed by atoms with van der Waals surface area (Å²) in [6, 6.07) is 0. The van der Waals surface area contributed by atoms with Gasteiger partial charge in [-0.25, -0.2) is 0 Å². The highest BCUT2D eigenvalue weighted by molar-refractivity contribution is 5.71. The first-order chi connectivity index (χ1) is 29.5. The summed E-state index contributed by atoms with van der Waals surface area (Å²) in [7, 11) is 0. The van der Waals surface area contributed by atoms with E-state index in [1.165, 1.54) is 148 Å². The summed E-state index contributed by atoms with van der Waals surface area (Å²) >= 11 is 0. The second-order valence-corrected chi connectivity index (χ2v) is 17.4. The molecule has 1 atom stereocenters. The summed E-state index contributed by atoms with van der Waals surface area (Å²) in [4.78, 5) is 37.9. The molecular formula is C54H98O6. The van der Waals surface area contributed by atoms with Crippen LogP contribution in [0.25, 0.3) is 0 Å². The highest BCUT2D eigenvalue weighted by Crippen LogP contribution is 2.15. The average Bonchev–Trinajstić information content (AvgIpc) is 3.24. The van der Waals surface area contributed by atoms with Crippen LogP contribution in [-0.2, 0) is 28.6 Å². The van der Waals surface area contributed by atoms with Crippen LogP contribution in [0.15, 0.2) is 36.5 Å². The largest absolute Gasteiger partial charge is 0.462 e. The predicted octanol–water partition coefficient (Wildman–Crippen LogP) is 16.9. The molecule has 6 heteroatoms. The average molecular weight is 843 g/mol. The zero-order valence-electron chi connectivity index (χ0n) is 40.0. The summed E-state index contributed by atoms with van der Waals surface area (Å²) in [6.45, 7) is 6.53. The Morgan fingerprint density at radius 1 is 0.350 bits per heavy atom. The van der Waals surface area contributed by atoms with Gasteiger partial charge < -0.3 is 14.2 Å². The third kappa shape index (κ3) is 46.7. The van der Waals surface area contributed by atoms with Crippen LogP contribution in [0, 0.1) is 0 Å². The topological polar surface area (TPSA) is 78.9 Å². The lowest BCUT2D eigenvalue weighted by atomic mass is 10.0. The first-order valence-electron chi connectivity index (χ1n) is 26.0. The van der Waals surface area contributed by atoms with Crippen molar-refractivity contribution in [1.29, 1.82) is 0 Å². The number of hydrogen-bond acceptors (Lipinski definition) is 6. The van der Waals surface area contributed by atoms with Gasteiger partial charge in [-0.1, -0.05) is 218 Å². The summed E-state index contributed by atoms with van der Waals surface area (Å²) in [5.41, 5.74) is 0. The Hall–Kier alpha value is -2.37. The molecule has 0 saturated carbocycles. The molecule has 0 aliphatic rings. The van der Waals surface area contributed by atoms with Crippen molar-refractivity contribution in [2.24, 2.45) is 0 Å². The second kappa shape index (κ2) is 49.3. The van der Waals surface area contributed by atoms with E-state index in [2.05, 4.69) is 57.2 Å². The lowest BCUT2D eigenvalue weighted by molar-refractivity contribution is -0.167. The Morgan fingerprint density at radius 3 is 1.02 bits per heavy atom. The fourth-order valence-corrected chi connectivity index (χ4v) is 7.48. The third-order valence-corrected chi connectivity index (χ3v) is 11.4. The SMILES string of the molecule is CC/C=C\C/C=C\CCCCCCCCCC(=O)OC(COC(=O)CCCCCCC/C=C\CCCCCCCCC)COC(=O)CCCCCCCCCCCCCC. The van der Waals surface area contributed by atoms with Crippen LogP contribution in [0.5, 0.6) is 0 Å². The van der Waals surface area contributed by atoms with E-state index in [1.54, 1.807) is 0 Å². The number of rotatable bonds is 47. The number of carbonyl (C=O) groups excluding carboxylic acids is 3. The fourth-order valence-electron chi connectivity index (χ4n) is 7.48. The van der Waals surface area contributed by atoms with E-state index in [1.807, 2.05) is 0 Å². The van der Waals surface area contributed by atoms with Gasteiger partial charge in [0.25, 0.3) is 0 Å². The van der Waals surface area contributed by atoms with Crippen LogP contribution in [0.1, 0.15) is 271 Å². The molecule has 0 aliphatic carbocycles. The number of esters is 3. The van der Waals surface area contributed by atoms with E-state index in [0.717, 1.165) is 83.5 Å². The van der Waals surface area contributed by atoms with Crippen molar-refractivity contribution in [2.45, 2.75) is 277 Å². The molecule has 0 aromatic rings. The van der Waals surface area contributed by atoms with Crippen molar-refractivity contribution >= 4 is 17.9 Å². The van der Waals surface area contributed by atoms with Gasteiger partial charge in [0.1, 0.15) is 13.2 Å². The summed E-state index contributed by atoms with van der Waals surface area (Å²) in [5.74, 6) is -0.883. The molecule has 6 nitrogen and oxygen atoms in total. The van der Waals surface area contributed by atoms with Gasteiger partial charge in [0.15, 0.2) is 6.10 Å². The number of unbranched alkanes of at least 4 members (excludes halogenated alkanes) is 30. The number of ether oxygens (including phenoxy) is 3. The Labute approximate surface area is 372 Å². The van der Waals surface area contributed by atoms with E-state index < -0.39 is 6.10 Å². The first-order valence-corrected chi connectivity index (χ1v) is 26.0. The van der Waals surface area contributed by atoms with Gasteiger partial charge in [-0.05, 0) is 70.6 Å². The smallest absolute Gasteiger partial charge is 0.306 e. The van der Waals surface area contributed by atoms with Gasteiger partial charge in [-0.3, -0.25) is 14.4 Å². The molecule has 0 amide bonds. The summed E-state index contributed by atoms with van der Waals surface area (Å²) in [6.07, 6.45) is 57.0. The van der Waals surface area contributed by atoms with Crippen LogP contribution in [0.4, 0.5) is 0 Å². The van der Waals surface area contributed by atoms with Crippen molar-refractivity contribution < 1.29 is 28.6 Å². The van der Waals surface area contributed by atoms with Gasteiger partial charge >= 0.3 is 17.9 Å². The van der Waals surface area contributed by atoms with E-state index in [-0.39, 0.29) is 31.1 Å². The first kappa shape index (κ1) is 57.6. The lowest BCUT2D eigenvalue weighted by Crippen LogP contribution is -2.30. The summed E-state index contributed by atoms with van der Waals surface area (Å²) < 4.78 is 16.8. The van der Waals surface area contributed by atoms with Gasteiger partial charge in [0.2, 0.25) is 0 Å². The molecule has 0 saturated heterocycles. The van der Waals surface area contributed by atoms with Crippen LogP contribution in [-0.4, -0.2) is 37.2 Å². The minimum atomic E-state index is -0.775. The van der Waals surface area contributed by atoms with Gasteiger partial charge in [-0.2, -0.15) is 0 Å². The van der Waals surface area contributed by atoms with Crippen molar-refractivity contribution in [1.82, 2.24) is 0 Å². The Balaban J connectivity index is 4.36. The maximum Gasteiger partial charge on any atom is 0.306 e. The molecule has 0 aromatic carbocycles. The van der Waals surface area contributed by atoms with Crippen molar-refractivity contribution in [3.8, 4) is 0 Å². The second-order valence-electron chi connectivity index (χ2n) is 17.4. The zero-order chi connectivity index (χ0) is 43.7. The van der Waals surface area contributed by atoms with Gasteiger partial charge in [0.05, 0.1) is 0 Å². The molecule has 1 unspecified atom stereocenters. The minimum Gasteiger partial charge on any atom is -0.462 e. The molecule has 0 fully saturated rings. The van der Waals surface area contributed by atoms with Crippen LogP contribution < -0.4 is 0 Å². The van der Waals surface area contributed by atoms with E-state index >= 15 is 0 Å². The van der Waals surface area contributed by atoms with Gasteiger partial charge in [0, 0.05) is 19.3 Å². The number of carbonyl (C=O) groups is 3. The van der Waals surface area contributed by atoms with Crippen LogP contribution in [0.3, 0.4) is 0 Å². The standard InChI is InChI=1S/C54H98O6/c1-4-7-10-13-16-19-22-25-27-28-30-32-35-38-41-44-47-53(56)59-50-51(49-58-52(55)46-43-40-37-34-31-24-21-18-15-12-9-6-3)60-54(57)48-45-42-39-36-33-29-26-23-20-17-14-11-8-5-2/h8,11,17,20,27-28,51H,4-7,9-10,12-16,18-19,21-26,29-50H2,1-3H3/b11-8-,20-17-,28-27-. The molecule has 0 aromatic heterocycles. The lowest BCUT2D eigenvalue weighted by Gasteiger charge is -2.18. The Bertz CT molecular complexity index is 1020. The molecule has 0 aliphatic heterocycles. The quantitative estimate of drug-likeness (QED) is 0.0263. The number of allylic oxidation sites excluding steroid dienone is 6. The Kier molecular flexibility index (Phi) is 47.3. The molecule has 0 heterocycles. The Morgan fingerprint density at radius 2 is 0.650 bits per heavy atom.